The van der Waals surface area contributed by atoms with Gasteiger partial charge in [0, 0.05) is 6.04 Å². The molecule has 0 aliphatic carbocycles. The van der Waals surface area contributed by atoms with Crippen molar-refractivity contribution in [3.8, 4) is 5.75 Å². The second kappa shape index (κ2) is 5.35. The summed E-state index contributed by atoms with van der Waals surface area (Å²) in [5, 5.41) is 0. The van der Waals surface area contributed by atoms with E-state index in [-0.39, 0.29) is 6.04 Å². The van der Waals surface area contributed by atoms with Crippen LogP contribution in [0.2, 0.25) is 0 Å². The molecule has 1 rings (SSSR count). The number of hydrogen-bond donors (Lipinski definition) is 1. The molecule has 0 spiro atoms. The van der Waals surface area contributed by atoms with Crippen molar-refractivity contribution >= 4 is 0 Å². The molecule has 96 valence electrons. The Kier molecular flexibility index (Phi) is 4.34. The first-order valence-corrected chi connectivity index (χ1v) is 5.08. The summed E-state index contributed by atoms with van der Waals surface area (Å²) in [6, 6.07) is 3.38. The molecule has 0 fully saturated rings. The lowest BCUT2D eigenvalue weighted by Crippen LogP contribution is -2.19. The van der Waals surface area contributed by atoms with Crippen molar-refractivity contribution in [3.63, 3.8) is 0 Å². The second-order valence-electron chi connectivity index (χ2n) is 3.61. The van der Waals surface area contributed by atoms with E-state index in [1.54, 1.807) is 0 Å². The monoisotopic (exact) mass is 251 g/mol. The van der Waals surface area contributed by atoms with E-state index in [1.165, 1.54) is 6.07 Å². The van der Waals surface area contributed by atoms with Crippen LogP contribution < -0.4 is 10.5 Å². The van der Waals surface area contributed by atoms with Gasteiger partial charge in [-0.05, 0) is 24.1 Å². The van der Waals surface area contributed by atoms with Gasteiger partial charge in [-0.1, -0.05) is 13.0 Å². The molecule has 17 heavy (non-hydrogen) atoms. The van der Waals surface area contributed by atoms with Crippen LogP contribution in [-0.2, 0) is 0 Å². The van der Waals surface area contributed by atoms with Crippen LogP contribution in [0.15, 0.2) is 18.2 Å². The summed E-state index contributed by atoms with van der Waals surface area (Å²) in [5.74, 6) is -1.26. The molecule has 0 heterocycles. The Balaban J connectivity index is 2.76. The largest absolute Gasteiger partial charge is 0.481 e. The normalized spacial score (nSPS) is 13.5. The Morgan fingerprint density at radius 1 is 1.35 bits per heavy atom. The van der Waals surface area contributed by atoms with Gasteiger partial charge in [0.2, 0.25) is 0 Å². The van der Waals surface area contributed by atoms with E-state index in [0.717, 1.165) is 12.1 Å². The van der Waals surface area contributed by atoms with Gasteiger partial charge in [0.25, 0.3) is 0 Å². The third-order valence-electron chi connectivity index (χ3n) is 2.22. The predicted molar refractivity (Wildman–Crippen MR) is 55.2 cm³/mol. The van der Waals surface area contributed by atoms with Crippen LogP contribution in [0, 0.1) is 5.82 Å². The van der Waals surface area contributed by atoms with E-state index in [2.05, 4.69) is 4.74 Å². The first-order chi connectivity index (χ1) is 7.83. The summed E-state index contributed by atoms with van der Waals surface area (Å²) in [5.41, 5.74) is 6.20. The molecule has 0 aromatic heterocycles. The number of halogens is 4. The molecule has 0 bridgehead atoms. The molecule has 0 unspecified atom stereocenters. The van der Waals surface area contributed by atoms with E-state index in [4.69, 9.17) is 5.73 Å². The Morgan fingerprint density at radius 2 is 2.00 bits per heavy atom. The lowest BCUT2D eigenvalue weighted by Gasteiger charge is -2.13. The molecule has 1 aromatic carbocycles. The number of ether oxygens (including phenoxy) is 1. The van der Waals surface area contributed by atoms with Crippen LogP contribution >= 0.6 is 0 Å². The maximum absolute atomic E-state index is 13.4. The molecule has 0 amide bonds. The highest BCUT2D eigenvalue weighted by Gasteiger charge is 2.28. The minimum absolute atomic E-state index is 0.332. The fraction of sp³-hybridized carbons (Fsp3) is 0.455. The van der Waals surface area contributed by atoms with Gasteiger partial charge in [-0.25, -0.2) is 4.39 Å². The lowest BCUT2D eigenvalue weighted by atomic mass is 10.1. The molecular formula is C11H13F4NO. The summed E-state index contributed by atoms with van der Waals surface area (Å²) in [6.07, 6.45) is -3.87. The van der Waals surface area contributed by atoms with Crippen LogP contribution in [0.3, 0.4) is 0 Å². The Bertz CT molecular complexity index is 378. The summed E-state index contributed by atoms with van der Waals surface area (Å²) in [4.78, 5) is 0. The summed E-state index contributed by atoms with van der Waals surface area (Å²) >= 11 is 0. The maximum Gasteiger partial charge on any atom is 0.422 e. The van der Waals surface area contributed by atoms with Gasteiger partial charge >= 0.3 is 6.18 Å². The van der Waals surface area contributed by atoms with E-state index >= 15 is 0 Å². The second-order valence-corrected chi connectivity index (χ2v) is 3.61. The third kappa shape index (κ3) is 4.22. The topological polar surface area (TPSA) is 35.2 Å². The third-order valence-corrected chi connectivity index (χ3v) is 2.22. The van der Waals surface area contributed by atoms with Crippen LogP contribution in [0.5, 0.6) is 5.75 Å². The van der Waals surface area contributed by atoms with E-state index in [9.17, 15) is 17.6 Å². The molecule has 2 nitrogen and oxygen atoms in total. The highest BCUT2D eigenvalue weighted by Crippen LogP contribution is 2.24. The maximum atomic E-state index is 13.4. The number of nitrogens with two attached hydrogens (primary N) is 1. The molecule has 2 N–H and O–H groups in total. The molecule has 0 aliphatic heterocycles. The lowest BCUT2D eigenvalue weighted by molar-refractivity contribution is -0.153. The average molecular weight is 251 g/mol. The molecular weight excluding hydrogens is 238 g/mol. The fourth-order valence-electron chi connectivity index (χ4n) is 1.26. The molecule has 0 aliphatic rings. The van der Waals surface area contributed by atoms with Crippen LogP contribution in [0.1, 0.15) is 24.9 Å². The first-order valence-electron chi connectivity index (χ1n) is 5.08. The average Bonchev–Trinajstić information content (AvgIpc) is 2.25. The summed E-state index contributed by atoms with van der Waals surface area (Å²) in [6.45, 7) is 0.319. The Morgan fingerprint density at radius 3 is 2.47 bits per heavy atom. The zero-order chi connectivity index (χ0) is 13.1. The molecule has 6 heteroatoms. The van der Waals surface area contributed by atoms with Crippen molar-refractivity contribution in [3.05, 3.63) is 29.6 Å². The molecule has 1 atom stereocenters. The van der Waals surface area contributed by atoms with Crippen molar-refractivity contribution in [2.75, 3.05) is 6.61 Å². The highest BCUT2D eigenvalue weighted by molar-refractivity contribution is 5.30. The fourth-order valence-corrected chi connectivity index (χ4v) is 1.26. The summed E-state index contributed by atoms with van der Waals surface area (Å²) in [7, 11) is 0. The number of alkyl halides is 3. The molecule has 0 saturated heterocycles. The van der Waals surface area contributed by atoms with Crippen LogP contribution in [0.25, 0.3) is 0 Å². The SMILES string of the molecule is CC[C@H](N)c1ccc(OCC(F)(F)F)c(F)c1. The Labute approximate surface area is 96.4 Å². The minimum atomic E-state index is -4.48. The number of rotatable bonds is 4. The van der Waals surface area contributed by atoms with Crippen LogP contribution in [-0.4, -0.2) is 12.8 Å². The van der Waals surface area contributed by atoms with Gasteiger partial charge in [0.05, 0.1) is 0 Å². The first kappa shape index (κ1) is 13.8. The standard InChI is InChI=1S/C11H13F4NO/c1-2-9(16)7-3-4-10(8(12)5-7)17-6-11(13,14)15/h3-5,9H,2,6,16H2,1H3/t9-/m0/s1. The van der Waals surface area contributed by atoms with E-state index in [1.807, 2.05) is 6.92 Å². The zero-order valence-corrected chi connectivity index (χ0v) is 9.22. The molecule has 1 aromatic rings. The summed E-state index contributed by atoms with van der Waals surface area (Å²) < 4.78 is 53.3. The van der Waals surface area contributed by atoms with Gasteiger partial charge in [-0.3, -0.25) is 0 Å². The van der Waals surface area contributed by atoms with Gasteiger partial charge in [0.1, 0.15) is 0 Å². The molecule has 0 saturated carbocycles. The smallest absolute Gasteiger partial charge is 0.422 e. The molecule has 0 radical (unpaired) electrons. The number of hydrogen-bond acceptors (Lipinski definition) is 2. The Hall–Kier alpha value is -1.30. The van der Waals surface area contributed by atoms with Crippen molar-refractivity contribution in [1.29, 1.82) is 0 Å². The van der Waals surface area contributed by atoms with Crippen LogP contribution in [0.4, 0.5) is 17.6 Å². The van der Waals surface area contributed by atoms with Gasteiger partial charge in [-0.15, -0.1) is 0 Å². The highest BCUT2D eigenvalue weighted by atomic mass is 19.4. The van der Waals surface area contributed by atoms with E-state index < -0.39 is 24.3 Å². The van der Waals surface area contributed by atoms with Crippen molar-refractivity contribution in [2.24, 2.45) is 5.73 Å². The predicted octanol–water partition coefficient (Wildman–Crippen LogP) is 3.18. The number of benzene rings is 1. The van der Waals surface area contributed by atoms with Gasteiger partial charge < -0.3 is 10.5 Å². The van der Waals surface area contributed by atoms with Crippen molar-refractivity contribution < 1.29 is 22.3 Å². The quantitative estimate of drug-likeness (QED) is 0.834. The van der Waals surface area contributed by atoms with E-state index in [0.29, 0.717) is 12.0 Å². The van der Waals surface area contributed by atoms with Gasteiger partial charge in [-0.2, -0.15) is 13.2 Å². The van der Waals surface area contributed by atoms with Gasteiger partial charge in [0.15, 0.2) is 18.2 Å². The van der Waals surface area contributed by atoms with Crippen molar-refractivity contribution in [2.45, 2.75) is 25.6 Å². The van der Waals surface area contributed by atoms with Crippen molar-refractivity contribution in [1.82, 2.24) is 0 Å². The zero-order valence-electron chi connectivity index (χ0n) is 9.22. The minimum Gasteiger partial charge on any atom is -0.481 e.